The highest BCUT2D eigenvalue weighted by Gasteiger charge is 2.18. The topological polar surface area (TPSA) is 26.3 Å². The second-order valence-electron chi connectivity index (χ2n) is 3.15. The summed E-state index contributed by atoms with van der Waals surface area (Å²) in [6.45, 7) is 6.16. The van der Waals surface area contributed by atoms with Crippen molar-refractivity contribution in [2.24, 2.45) is 0 Å². The van der Waals surface area contributed by atoms with Gasteiger partial charge in [-0.05, 0) is 19.3 Å². The van der Waals surface area contributed by atoms with Crippen LogP contribution in [0, 0.1) is 0 Å². The van der Waals surface area contributed by atoms with Crippen LogP contribution in [0.2, 0.25) is 0 Å². The molecule has 0 spiro atoms. The zero-order valence-electron chi connectivity index (χ0n) is 9.14. The van der Waals surface area contributed by atoms with Gasteiger partial charge in [-0.15, -0.1) is 0 Å². The Morgan fingerprint density at radius 2 is 2.15 bits per heavy atom. The van der Waals surface area contributed by atoms with Gasteiger partial charge in [0.05, 0.1) is 0 Å². The molecule has 0 unspecified atom stereocenters. The SMILES string of the molecule is CC.CCCC[C@H]1CCCC(=O)O1. The zero-order chi connectivity index (χ0) is 10.1. The molecule has 0 saturated carbocycles. The van der Waals surface area contributed by atoms with Gasteiger partial charge in [-0.3, -0.25) is 4.79 Å². The lowest BCUT2D eigenvalue weighted by molar-refractivity contribution is -0.154. The summed E-state index contributed by atoms with van der Waals surface area (Å²) in [7, 11) is 0. The van der Waals surface area contributed by atoms with Crippen molar-refractivity contribution in [2.45, 2.75) is 65.4 Å². The molecule has 0 aliphatic carbocycles. The molecule has 13 heavy (non-hydrogen) atoms. The van der Waals surface area contributed by atoms with Gasteiger partial charge in [-0.25, -0.2) is 0 Å². The first-order chi connectivity index (χ1) is 6.33. The van der Waals surface area contributed by atoms with E-state index in [0.717, 1.165) is 19.3 Å². The molecule has 1 rings (SSSR count). The van der Waals surface area contributed by atoms with Crippen molar-refractivity contribution < 1.29 is 9.53 Å². The minimum absolute atomic E-state index is 0.00245. The summed E-state index contributed by atoms with van der Waals surface area (Å²) in [5.41, 5.74) is 0. The molecular weight excluding hydrogens is 164 g/mol. The Labute approximate surface area is 81.7 Å². The van der Waals surface area contributed by atoms with E-state index < -0.39 is 0 Å². The molecule has 0 aromatic rings. The van der Waals surface area contributed by atoms with E-state index in [1.54, 1.807) is 0 Å². The molecule has 2 nitrogen and oxygen atoms in total. The number of carbonyl (C=O) groups excluding carboxylic acids is 1. The van der Waals surface area contributed by atoms with Gasteiger partial charge in [-0.1, -0.05) is 33.6 Å². The monoisotopic (exact) mass is 186 g/mol. The number of unbranched alkanes of at least 4 members (excludes halogenated alkanes) is 1. The standard InChI is InChI=1S/C9H16O2.C2H6/c1-2-3-5-8-6-4-7-9(10)11-8;1-2/h8H,2-7H2,1H3;1-2H3/t8-;/m0./s1. The van der Waals surface area contributed by atoms with Crippen LogP contribution in [0.1, 0.15) is 59.3 Å². The van der Waals surface area contributed by atoms with Gasteiger partial charge < -0.3 is 4.74 Å². The fourth-order valence-corrected chi connectivity index (χ4v) is 1.41. The van der Waals surface area contributed by atoms with E-state index in [2.05, 4.69) is 6.92 Å². The first-order valence-corrected chi connectivity index (χ1v) is 5.52. The molecule has 1 aliphatic heterocycles. The Kier molecular flexibility index (Phi) is 7.76. The summed E-state index contributed by atoms with van der Waals surface area (Å²) in [5, 5.41) is 0. The molecule has 0 aromatic heterocycles. The molecule has 1 heterocycles. The smallest absolute Gasteiger partial charge is 0.306 e. The highest BCUT2D eigenvalue weighted by atomic mass is 16.5. The first-order valence-electron chi connectivity index (χ1n) is 5.52. The van der Waals surface area contributed by atoms with Crippen LogP contribution in [0.5, 0.6) is 0 Å². The maximum atomic E-state index is 10.8. The molecule has 0 amide bonds. The number of rotatable bonds is 3. The highest BCUT2D eigenvalue weighted by Crippen LogP contribution is 2.18. The van der Waals surface area contributed by atoms with Gasteiger partial charge in [0, 0.05) is 6.42 Å². The van der Waals surface area contributed by atoms with Crippen LogP contribution in [-0.4, -0.2) is 12.1 Å². The van der Waals surface area contributed by atoms with Gasteiger partial charge >= 0.3 is 5.97 Å². The van der Waals surface area contributed by atoms with Gasteiger partial charge in [0.1, 0.15) is 6.10 Å². The van der Waals surface area contributed by atoms with Crippen molar-refractivity contribution in [2.75, 3.05) is 0 Å². The van der Waals surface area contributed by atoms with E-state index in [1.165, 1.54) is 12.8 Å². The Balaban J connectivity index is 0.000000671. The van der Waals surface area contributed by atoms with E-state index in [1.807, 2.05) is 13.8 Å². The molecule has 1 saturated heterocycles. The normalized spacial score (nSPS) is 21.5. The van der Waals surface area contributed by atoms with Gasteiger partial charge in [-0.2, -0.15) is 0 Å². The molecule has 0 N–H and O–H groups in total. The van der Waals surface area contributed by atoms with Crippen LogP contribution in [-0.2, 0) is 9.53 Å². The average Bonchev–Trinajstić information content (AvgIpc) is 2.18. The van der Waals surface area contributed by atoms with Crippen LogP contribution in [0.3, 0.4) is 0 Å². The van der Waals surface area contributed by atoms with Crippen LogP contribution < -0.4 is 0 Å². The lowest BCUT2D eigenvalue weighted by Crippen LogP contribution is -2.23. The minimum Gasteiger partial charge on any atom is -0.462 e. The molecule has 0 aromatic carbocycles. The summed E-state index contributed by atoms with van der Waals surface area (Å²) in [4.78, 5) is 10.8. The lowest BCUT2D eigenvalue weighted by Gasteiger charge is -2.21. The highest BCUT2D eigenvalue weighted by molar-refractivity contribution is 5.70. The molecule has 1 aliphatic rings. The van der Waals surface area contributed by atoms with Crippen molar-refractivity contribution in [3.8, 4) is 0 Å². The van der Waals surface area contributed by atoms with E-state index in [0.29, 0.717) is 6.42 Å². The number of cyclic esters (lactones) is 1. The molecule has 1 atom stereocenters. The number of hydrogen-bond donors (Lipinski definition) is 0. The van der Waals surface area contributed by atoms with E-state index in [9.17, 15) is 4.79 Å². The molecule has 0 bridgehead atoms. The van der Waals surface area contributed by atoms with Crippen LogP contribution in [0.25, 0.3) is 0 Å². The molecule has 78 valence electrons. The third-order valence-corrected chi connectivity index (χ3v) is 2.08. The summed E-state index contributed by atoms with van der Waals surface area (Å²) >= 11 is 0. The van der Waals surface area contributed by atoms with Crippen LogP contribution >= 0.6 is 0 Å². The van der Waals surface area contributed by atoms with Gasteiger partial charge in [0.2, 0.25) is 0 Å². The van der Waals surface area contributed by atoms with E-state index >= 15 is 0 Å². The van der Waals surface area contributed by atoms with Crippen molar-refractivity contribution in [1.82, 2.24) is 0 Å². The maximum Gasteiger partial charge on any atom is 0.306 e. The number of hydrogen-bond acceptors (Lipinski definition) is 2. The molecule has 0 radical (unpaired) electrons. The summed E-state index contributed by atoms with van der Waals surface area (Å²) in [5.74, 6) is -0.00245. The second kappa shape index (κ2) is 8.09. The van der Waals surface area contributed by atoms with Crippen LogP contribution in [0.15, 0.2) is 0 Å². The van der Waals surface area contributed by atoms with E-state index in [-0.39, 0.29) is 12.1 Å². The summed E-state index contributed by atoms with van der Waals surface area (Å²) in [6, 6.07) is 0. The number of esters is 1. The van der Waals surface area contributed by atoms with Crippen LogP contribution in [0.4, 0.5) is 0 Å². The molecular formula is C11H22O2. The van der Waals surface area contributed by atoms with Gasteiger partial charge in [0.25, 0.3) is 0 Å². The van der Waals surface area contributed by atoms with Crippen molar-refractivity contribution >= 4 is 5.97 Å². The fraction of sp³-hybridized carbons (Fsp3) is 0.909. The zero-order valence-corrected chi connectivity index (χ0v) is 9.14. The Bertz CT molecular complexity index is 132. The molecule has 2 heteroatoms. The number of carbonyl (C=O) groups is 1. The maximum absolute atomic E-state index is 10.8. The third-order valence-electron chi connectivity index (χ3n) is 2.08. The van der Waals surface area contributed by atoms with E-state index in [4.69, 9.17) is 4.74 Å². The largest absolute Gasteiger partial charge is 0.462 e. The Hall–Kier alpha value is -0.530. The fourth-order valence-electron chi connectivity index (χ4n) is 1.41. The average molecular weight is 186 g/mol. The summed E-state index contributed by atoms with van der Waals surface area (Å²) < 4.78 is 5.15. The van der Waals surface area contributed by atoms with Crippen molar-refractivity contribution in [3.05, 3.63) is 0 Å². The lowest BCUT2D eigenvalue weighted by atomic mass is 10.0. The predicted octanol–water partition coefficient (Wildman–Crippen LogP) is 3.30. The summed E-state index contributed by atoms with van der Waals surface area (Å²) in [6.07, 6.45) is 6.38. The second-order valence-corrected chi connectivity index (χ2v) is 3.15. The Morgan fingerprint density at radius 1 is 1.46 bits per heavy atom. The minimum atomic E-state index is -0.00245. The third kappa shape index (κ3) is 5.67. The van der Waals surface area contributed by atoms with Crippen molar-refractivity contribution in [3.63, 3.8) is 0 Å². The number of ether oxygens (including phenoxy) is 1. The first kappa shape index (κ1) is 12.5. The molecule has 1 fully saturated rings. The quantitative estimate of drug-likeness (QED) is 0.632. The van der Waals surface area contributed by atoms with Crippen molar-refractivity contribution in [1.29, 1.82) is 0 Å². The Morgan fingerprint density at radius 3 is 2.69 bits per heavy atom. The predicted molar refractivity (Wildman–Crippen MR) is 54.6 cm³/mol. The van der Waals surface area contributed by atoms with Gasteiger partial charge in [0.15, 0.2) is 0 Å².